The molecule has 4 nitrogen and oxygen atoms in total. The normalized spacial score (nSPS) is 20.3. The maximum atomic E-state index is 5.71. The summed E-state index contributed by atoms with van der Waals surface area (Å²) in [6.07, 6.45) is 3.72. The minimum absolute atomic E-state index is 0.727. The number of morpholine rings is 1. The van der Waals surface area contributed by atoms with Crippen molar-refractivity contribution >= 4 is 6.72 Å². The molecular weight excluding hydrogens is 190 g/mol. The molecule has 0 amide bonds. The van der Waals surface area contributed by atoms with Gasteiger partial charge in [-0.25, -0.2) is 0 Å². The standard InChI is InChI=1S/C11H19N3O/c1-3-10(12)8-11(13-2)9-14-4-6-15-7-5-14/h3,8H,2,4-7,9,12H2,1H3/b10-3+,11-8-. The maximum absolute atomic E-state index is 5.71. The Kier molecular flexibility index (Phi) is 5.07. The van der Waals surface area contributed by atoms with Crippen molar-refractivity contribution in [2.75, 3.05) is 32.8 Å². The quantitative estimate of drug-likeness (QED) is 0.549. The van der Waals surface area contributed by atoms with Gasteiger partial charge in [0.15, 0.2) is 0 Å². The van der Waals surface area contributed by atoms with Gasteiger partial charge in [-0.3, -0.25) is 9.89 Å². The van der Waals surface area contributed by atoms with Gasteiger partial charge in [-0.2, -0.15) is 0 Å². The first-order chi connectivity index (χ1) is 7.26. The lowest BCUT2D eigenvalue weighted by atomic mass is 10.3. The highest BCUT2D eigenvalue weighted by Crippen LogP contribution is 2.05. The Morgan fingerprint density at radius 2 is 2.20 bits per heavy atom. The number of nitrogens with two attached hydrogens (primary N) is 1. The summed E-state index contributed by atoms with van der Waals surface area (Å²) >= 11 is 0. The van der Waals surface area contributed by atoms with E-state index in [0.29, 0.717) is 0 Å². The van der Waals surface area contributed by atoms with Crippen molar-refractivity contribution < 1.29 is 4.74 Å². The minimum Gasteiger partial charge on any atom is -0.399 e. The van der Waals surface area contributed by atoms with Gasteiger partial charge in [0.1, 0.15) is 0 Å². The van der Waals surface area contributed by atoms with Crippen molar-refractivity contribution in [3.05, 3.63) is 23.5 Å². The van der Waals surface area contributed by atoms with E-state index >= 15 is 0 Å². The second-order valence-electron chi connectivity index (χ2n) is 3.47. The number of rotatable bonds is 4. The lowest BCUT2D eigenvalue weighted by Gasteiger charge is -2.26. The van der Waals surface area contributed by atoms with Crippen molar-refractivity contribution in [2.45, 2.75) is 6.92 Å². The Labute approximate surface area is 91.1 Å². The first-order valence-electron chi connectivity index (χ1n) is 5.15. The molecule has 0 spiro atoms. The number of aliphatic imine (C=N–C) groups is 1. The molecule has 0 radical (unpaired) electrons. The average molecular weight is 209 g/mol. The van der Waals surface area contributed by atoms with E-state index in [-0.39, 0.29) is 0 Å². The highest BCUT2D eigenvalue weighted by atomic mass is 16.5. The summed E-state index contributed by atoms with van der Waals surface area (Å²) in [5.41, 5.74) is 7.35. The van der Waals surface area contributed by atoms with Crippen molar-refractivity contribution in [2.24, 2.45) is 10.7 Å². The van der Waals surface area contributed by atoms with Crippen LogP contribution in [-0.2, 0) is 4.74 Å². The molecule has 1 aliphatic rings. The first kappa shape index (κ1) is 11.9. The SMILES string of the molecule is C=N/C(=C\C(N)=C/C)CN1CCOCC1. The first-order valence-corrected chi connectivity index (χ1v) is 5.15. The zero-order valence-corrected chi connectivity index (χ0v) is 9.28. The van der Waals surface area contributed by atoms with Gasteiger partial charge in [0.05, 0.1) is 18.9 Å². The number of ether oxygens (including phenoxy) is 1. The molecule has 0 unspecified atom stereocenters. The van der Waals surface area contributed by atoms with E-state index in [1.54, 1.807) is 0 Å². The van der Waals surface area contributed by atoms with Crippen molar-refractivity contribution in [1.82, 2.24) is 4.90 Å². The lowest BCUT2D eigenvalue weighted by Crippen LogP contribution is -2.37. The van der Waals surface area contributed by atoms with Crippen LogP contribution in [0, 0.1) is 0 Å². The zero-order chi connectivity index (χ0) is 11.1. The molecule has 0 aromatic carbocycles. The summed E-state index contributed by atoms with van der Waals surface area (Å²) in [6, 6.07) is 0. The predicted molar refractivity (Wildman–Crippen MR) is 62.8 cm³/mol. The highest BCUT2D eigenvalue weighted by molar-refractivity contribution is 5.32. The van der Waals surface area contributed by atoms with Crippen LogP contribution in [0.15, 0.2) is 28.5 Å². The van der Waals surface area contributed by atoms with E-state index in [9.17, 15) is 0 Å². The fourth-order valence-electron chi connectivity index (χ4n) is 1.41. The van der Waals surface area contributed by atoms with Gasteiger partial charge in [0.25, 0.3) is 0 Å². The van der Waals surface area contributed by atoms with Gasteiger partial charge < -0.3 is 10.5 Å². The molecule has 84 valence electrons. The van der Waals surface area contributed by atoms with Crippen LogP contribution in [0.25, 0.3) is 0 Å². The largest absolute Gasteiger partial charge is 0.399 e. The van der Waals surface area contributed by atoms with E-state index in [2.05, 4.69) is 16.6 Å². The molecule has 0 bridgehead atoms. The molecular formula is C11H19N3O. The summed E-state index contributed by atoms with van der Waals surface area (Å²) in [7, 11) is 0. The Balaban J connectivity index is 2.52. The van der Waals surface area contributed by atoms with E-state index in [0.717, 1.165) is 44.2 Å². The summed E-state index contributed by atoms with van der Waals surface area (Å²) < 4.78 is 5.27. The van der Waals surface area contributed by atoms with Gasteiger partial charge in [-0.15, -0.1) is 0 Å². The molecule has 1 saturated heterocycles. The Morgan fingerprint density at radius 1 is 1.53 bits per heavy atom. The monoisotopic (exact) mass is 209 g/mol. The van der Waals surface area contributed by atoms with E-state index < -0.39 is 0 Å². The van der Waals surface area contributed by atoms with Crippen LogP contribution >= 0.6 is 0 Å². The average Bonchev–Trinajstić information content (AvgIpc) is 2.29. The van der Waals surface area contributed by atoms with Crippen molar-refractivity contribution in [1.29, 1.82) is 0 Å². The maximum Gasteiger partial charge on any atom is 0.0594 e. The molecule has 0 saturated carbocycles. The second kappa shape index (κ2) is 6.37. The fraction of sp³-hybridized carbons (Fsp3) is 0.545. The Bertz CT molecular complexity index is 265. The molecule has 1 rings (SSSR count). The van der Waals surface area contributed by atoms with Crippen LogP contribution in [0.1, 0.15) is 6.92 Å². The smallest absolute Gasteiger partial charge is 0.0594 e. The minimum atomic E-state index is 0.727. The van der Waals surface area contributed by atoms with Crippen LogP contribution in [0.5, 0.6) is 0 Å². The molecule has 0 atom stereocenters. The van der Waals surface area contributed by atoms with Crippen LogP contribution in [0.2, 0.25) is 0 Å². The van der Waals surface area contributed by atoms with Crippen molar-refractivity contribution in [3.8, 4) is 0 Å². The summed E-state index contributed by atoms with van der Waals surface area (Å²) in [5, 5.41) is 0. The van der Waals surface area contributed by atoms with E-state index in [1.165, 1.54) is 0 Å². The van der Waals surface area contributed by atoms with E-state index in [4.69, 9.17) is 10.5 Å². The highest BCUT2D eigenvalue weighted by Gasteiger charge is 2.11. The molecule has 1 heterocycles. The van der Waals surface area contributed by atoms with Crippen LogP contribution in [0.4, 0.5) is 0 Å². The molecule has 0 aromatic heterocycles. The lowest BCUT2D eigenvalue weighted by molar-refractivity contribution is 0.0422. The number of nitrogens with zero attached hydrogens (tertiary/aromatic N) is 2. The molecule has 2 N–H and O–H groups in total. The topological polar surface area (TPSA) is 50.8 Å². The zero-order valence-electron chi connectivity index (χ0n) is 9.28. The van der Waals surface area contributed by atoms with Gasteiger partial charge in [-0.1, -0.05) is 6.08 Å². The van der Waals surface area contributed by atoms with Crippen LogP contribution in [-0.4, -0.2) is 44.5 Å². The predicted octanol–water partition coefficient (Wildman–Crippen LogP) is 0.766. The molecule has 1 fully saturated rings. The number of hydrogen-bond acceptors (Lipinski definition) is 4. The Morgan fingerprint density at radius 3 is 2.73 bits per heavy atom. The van der Waals surface area contributed by atoms with Gasteiger partial charge >= 0.3 is 0 Å². The summed E-state index contributed by atoms with van der Waals surface area (Å²) in [6.45, 7) is 9.74. The molecule has 15 heavy (non-hydrogen) atoms. The molecule has 0 aromatic rings. The Hall–Kier alpha value is -1.13. The third-order valence-electron chi connectivity index (χ3n) is 2.36. The molecule has 0 aliphatic carbocycles. The van der Waals surface area contributed by atoms with Gasteiger partial charge in [-0.05, 0) is 19.7 Å². The number of hydrogen-bond donors (Lipinski definition) is 1. The molecule has 4 heteroatoms. The third kappa shape index (κ3) is 4.27. The van der Waals surface area contributed by atoms with Crippen LogP contribution < -0.4 is 5.73 Å². The van der Waals surface area contributed by atoms with E-state index in [1.807, 2.05) is 19.1 Å². The third-order valence-corrected chi connectivity index (χ3v) is 2.36. The fourth-order valence-corrected chi connectivity index (χ4v) is 1.41. The van der Waals surface area contributed by atoms with Crippen LogP contribution in [0.3, 0.4) is 0 Å². The van der Waals surface area contributed by atoms with Gasteiger partial charge in [0, 0.05) is 25.3 Å². The number of allylic oxidation sites excluding steroid dienone is 2. The summed E-state index contributed by atoms with van der Waals surface area (Å²) in [5.74, 6) is 0. The van der Waals surface area contributed by atoms with Gasteiger partial charge in [0.2, 0.25) is 0 Å². The van der Waals surface area contributed by atoms with Crippen molar-refractivity contribution in [3.63, 3.8) is 0 Å². The second-order valence-corrected chi connectivity index (χ2v) is 3.47. The molecule has 1 aliphatic heterocycles. The summed E-state index contributed by atoms with van der Waals surface area (Å²) in [4.78, 5) is 6.26.